The molecule has 1 aromatic heterocycles. The predicted octanol–water partition coefficient (Wildman–Crippen LogP) is 4.06. The molecule has 5 nitrogen and oxygen atoms in total. The molecular formula is C24H30ClN5. The summed E-state index contributed by atoms with van der Waals surface area (Å²) in [5.41, 5.74) is 4.92. The van der Waals surface area contributed by atoms with Crippen molar-refractivity contribution in [2.24, 2.45) is 0 Å². The fourth-order valence-electron chi connectivity index (χ4n) is 5.03. The number of fused-ring (bicyclic) bond motifs is 3. The van der Waals surface area contributed by atoms with E-state index in [-0.39, 0.29) is 12.4 Å². The maximum Gasteiger partial charge on any atom is 0.116 e. The highest BCUT2D eigenvalue weighted by molar-refractivity contribution is 5.85. The Balaban J connectivity index is 0.00000218. The second-order valence-electron chi connectivity index (χ2n) is 8.30. The maximum absolute atomic E-state index is 4.69. The van der Waals surface area contributed by atoms with Crippen molar-refractivity contribution < 1.29 is 0 Å². The summed E-state index contributed by atoms with van der Waals surface area (Å²) >= 11 is 0. The van der Waals surface area contributed by atoms with Gasteiger partial charge in [-0.2, -0.15) is 0 Å². The average molecular weight is 424 g/mol. The highest BCUT2D eigenvalue weighted by Crippen LogP contribution is 2.34. The third kappa shape index (κ3) is 4.02. The van der Waals surface area contributed by atoms with Gasteiger partial charge in [-0.1, -0.05) is 72.8 Å². The number of nitrogens with zero attached hydrogens (tertiary/aromatic N) is 5. The molecule has 2 aliphatic rings. The molecule has 2 aromatic carbocycles. The van der Waals surface area contributed by atoms with Gasteiger partial charge >= 0.3 is 0 Å². The van der Waals surface area contributed by atoms with Crippen molar-refractivity contribution in [2.45, 2.75) is 38.4 Å². The van der Waals surface area contributed by atoms with Crippen LogP contribution in [0.2, 0.25) is 0 Å². The highest BCUT2D eigenvalue weighted by atomic mass is 35.5. The van der Waals surface area contributed by atoms with Crippen LogP contribution < -0.4 is 0 Å². The topological polar surface area (TPSA) is 37.2 Å². The first-order chi connectivity index (χ1) is 14.3. The van der Waals surface area contributed by atoms with Crippen molar-refractivity contribution in [3.63, 3.8) is 0 Å². The van der Waals surface area contributed by atoms with Crippen LogP contribution in [-0.4, -0.2) is 57.0 Å². The number of aromatic nitrogens is 3. The van der Waals surface area contributed by atoms with Gasteiger partial charge in [0.15, 0.2) is 0 Å². The SMILES string of the molecule is CCCN1CCc2c(-c3ccccc3)nnn2[C@H]2CN(Cc3ccccc3)C[C@H]21.Cl. The van der Waals surface area contributed by atoms with Crippen LogP contribution in [0.25, 0.3) is 11.3 Å². The fourth-order valence-corrected chi connectivity index (χ4v) is 5.03. The van der Waals surface area contributed by atoms with Gasteiger partial charge in [-0.05, 0) is 18.5 Å². The molecule has 0 amide bonds. The van der Waals surface area contributed by atoms with E-state index in [1.165, 1.54) is 23.2 Å². The largest absolute Gasteiger partial charge is 0.297 e. The lowest BCUT2D eigenvalue weighted by Gasteiger charge is -2.29. The van der Waals surface area contributed by atoms with E-state index in [1.807, 2.05) is 0 Å². The van der Waals surface area contributed by atoms with Crippen molar-refractivity contribution in [3.8, 4) is 11.3 Å². The lowest BCUT2D eigenvalue weighted by molar-refractivity contribution is 0.177. The van der Waals surface area contributed by atoms with E-state index in [0.717, 1.165) is 44.8 Å². The molecule has 0 aliphatic carbocycles. The van der Waals surface area contributed by atoms with E-state index in [2.05, 4.69) is 92.4 Å². The van der Waals surface area contributed by atoms with Crippen molar-refractivity contribution in [2.75, 3.05) is 26.2 Å². The van der Waals surface area contributed by atoms with Gasteiger partial charge in [0, 0.05) is 44.2 Å². The van der Waals surface area contributed by atoms with Crippen LogP contribution in [0.15, 0.2) is 60.7 Å². The average Bonchev–Trinajstić information content (AvgIpc) is 3.33. The van der Waals surface area contributed by atoms with Gasteiger partial charge in [0.25, 0.3) is 0 Å². The van der Waals surface area contributed by atoms with Crippen molar-refractivity contribution in [1.29, 1.82) is 0 Å². The molecule has 6 heteroatoms. The van der Waals surface area contributed by atoms with Crippen molar-refractivity contribution in [3.05, 3.63) is 71.9 Å². The Morgan fingerprint density at radius 3 is 2.37 bits per heavy atom. The first-order valence-corrected chi connectivity index (χ1v) is 10.8. The first kappa shape index (κ1) is 21.0. The van der Waals surface area contributed by atoms with Crippen LogP contribution in [0.3, 0.4) is 0 Å². The van der Waals surface area contributed by atoms with Crippen LogP contribution in [-0.2, 0) is 13.0 Å². The van der Waals surface area contributed by atoms with Gasteiger partial charge in [0.2, 0.25) is 0 Å². The Labute approximate surface area is 185 Å². The molecule has 0 N–H and O–H groups in total. The summed E-state index contributed by atoms with van der Waals surface area (Å²) in [6.07, 6.45) is 2.21. The molecule has 0 saturated carbocycles. The van der Waals surface area contributed by atoms with E-state index in [4.69, 9.17) is 0 Å². The smallest absolute Gasteiger partial charge is 0.116 e. The lowest BCUT2D eigenvalue weighted by atomic mass is 10.1. The molecule has 0 spiro atoms. The molecule has 30 heavy (non-hydrogen) atoms. The van der Waals surface area contributed by atoms with E-state index < -0.39 is 0 Å². The number of hydrogen-bond donors (Lipinski definition) is 0. The van der Waals surface area contributed by atoms with Crippen molar-refractivity contribution in [1.82, 2.24) is 24.8 Å². The first-order valence-electron chi connectivity index (χ1n) is 10.8. The minimum atomic E-state index is 0. The summed E-state index contributed by atoms with van der Waals surface area (Å²) in [6.45, 7) is 7.65. The second-order valence-corrected chi connectivity index (χ2v) is 8.30. The zero-order chi connectivity index (χ0) is 19.6. The molecule has 1 fully saturated rings. The monoisotopic (exact) mass is 423 g/mol. The molecule has 5 rings (SSSR count). The Kier molecular flexibility index (Phi) is 6.52. The minimum Gasteiger partial charge on any atom is -0.297 e. The lowest BCUT2D eigenvalue weighted by Crippen LogP contribution is -2.41. The summed E-state index contributed by atoms with van der Waals surface area (Å²) < 4.78 is 2.26. The van der Waals surface area contributed by atoms with Crippen molar-refractivity contribution >= 4 is 12.4 Å². The van der Waals surface area contributed by atoms with Crippen LogP contribution in [0.1, 0.15) is 30.6 Å². The fraction of sp³-hybridized carbons (Fsp3) is 0.417. The van der Waals surface area contributed by atoms with Crippen LogP contribution in [0, 0.1) is 0 Å². The number of hydrogen-bond acceptors (Lipinski definition) is 4. The highest BCUT2D eigenvalue weighted by Gasteiger charge is 2.41. The summed E-state index contributed by atoms with van der Waals surface area (Å²) in [5, 5.41) is 9.31. The Morgan fingerprint density at radius 1 is 0.933 bits per heavy atom. The number of likely N-dealkylation sites (tertiary alicyclic amines) is 1. The molecule has 1 saturated heterocycles. The summed E-state index contributed by atoms with van der Waals surface area (Å²) in [4.78, 5) is 5.28. The molecule has 2 aliphatic heterocycles. The quantitative estimate of drug-likeness (QED) is 0.620. The number of benzene rings is 2. The normalized spacial score (nSPS) is 21.5. The standard InChI is InChI=1S/C24H29N5.ClH/c1-2-14-28-15-13-21-24(20-11-7-4-8-12-20)25-26-29(21)23-18-27(17-22(23)28)16-19-9-5-3-6-10-19;/h3-12,22-23H,2,13-18H2,1H3;1H/t22-,23+;/m1./s1. The summed E-state index contributed by atoms with van der Waals surface area (Å²) in [7, 11) is 0. The Hall–Kier alpha value is -2.21. The number of rotatable bonds is 5. The summed E-state index contributed by atoms with van der Waals surface area (Å²) in [6, 6.07) is 22.2. The molecule has 0 radical (unpaired) electrons. The number of halogens is 1. The molecule has 2 atom stereocenters. The predicted molar refractivity (Wildman–Crippen MR) is 123 cm³/mol. The Bertz CT molecular complexity index is 943. The molecule has 0 unspecified atom stereocenters. The molecule has 3 heterocycles. The van der Waals surface area contributed by atoms with Gasteiger partial charge in [0.05, 0.1) is 11.7 Å². The molecule has 0 bridgehead atoms. The van der Waals surface area contributed by atoms with E-state index in [0.29, 0.717) is 12.1 Å². The maximum atomic E-state index is 4.69. The van der Waals surface area contributed by atoms with Gasteiger partial charge in [-0.3, -0.25) is 9.80 Å². The molecule has 158 valence electrons. The zero-order valence-electron chi connectivity index (χ0n) is 17.5. The van der Waals surface area contributed by atoms with Crippen LogP contribution >= 0.6 is 12.4 Å². The van der Waals surface area contributed by atoms with E-state index in [1.54, 1.807) is 0 Å². The van der Waals surface area contributed by atoms with E-state index >= 15 is 0 Å². The van der Waals surface area contributed by atoms with Crippen LogP contribution in [0.4, 0.5) is 0 Å². The minimum absolute atomic E-state index is 0. The molecular weight excluding hydrogens is 394 g/mol. The van der Waals surface area contributed by atoms with Gasteiger partial charge in [-0.25, -0.2) is 4.68 Å². The van der Waals surface area contributed by atoms with Crippen LogP contribution in [0.5, 0.6) is 0 Å². The third-order valence-corrected chi connectivity index (χ3v) is 6.35. The Morgan fingerprint density at radius 2 is 1.63 bits per heavy atom. The van der Waals surface area contributed by atoms with Gasteiger partial charge < -0.3 is 0 Å². The third-order valence-electron chi connectivity index (χ3n) is 6.35. The summed E-state index contributed by atoms with van der Waals surface area (Å²) in [5.74, 6) is 0. The van der Waals surface area contributed by atoms with E-state index in [9.17, 15) is 0 Å². The second kappa shape index (κ2) is 9.29. The zero-order valence-corrected chi connectivity index (χ0v) is 18.3. The van der Waals surface area contributed by atoms with Gasteiger partial charge in [-0.15, -0.1) is 17.5 Å². The molecule has 3 aromatic rings. The van der Waals surface area contributed by atoms with Gasteiger partial charge in [0.1, 0.15) is 5.69 Å².